The Morgan fingerprint density at radius 3 is 2.35 bits per heavy atom. The lowest BCUT2D eigenvalue weighted by atomic mass is 10.0. The van der Waals surface area contributed by atoms with Gasteiger partial charge >= 0.3 is 0 Å². The fourth-order valence-corrected chi connectivity index (χ4v) is 1.70. The second-order valence-electron chi connectivity index (χ2n) is 3.44. The zero-order valence-corrected chi connectivity index (χ0v) is 9.78. The van der Waals surface area contributed by atoms with Crippen molar-refractivity contribution in [3.63, 3.8) is 0 Å². The summed E-state index contributed by atoms with van der Waals surface area (Å²) >= 11 is 5.84. The summed E-state index contributed by atoms with van der Waals surface area (Å²) in [4.78, 5) is 8.03. The van der Waals surface area contributed by atoms with Gasteiger partial charge in [0.15, 0.2) is 0 Å². The Hall–Kier alpha value is -2.07. The molecule has 0 spiro atoms. The minimum Gasteiger partial charge on any atom is -0.383 e. The van der Waals surface area contributed by atoms with Gasteiger partial charge in [0.25, 0.3) is 0 Å². The Balaban J connectivity index is 2.65. The lowest BCUT2D eigenvalue weighted by Crippen LogP contribution is -2.04. The van der Waals surface area contributed by atoms with E-state index in [1.807, 2.05) is 12.1 Å². The molecule has 0 bridgehead atoms. The second kappa shape index (κ2) is 4.43. The molecular formula is C12H11ClN4. The Kier molecular flexibility index (Phi) is 2.97. The van der Waals surface area contributed by atoms with Crippen molar-refractivity contribution in [2.24, 2.45) is 0 Å². The van der Waals surface area contributed by atoms with E-state index in [9.17, 15) is 0 Å². The molecule has 1 heterocycles. The predicted molar refractivity (Wildman–Crippen MR) is 71.4 cm³/mol. The van der Waals surface area contributed by atoms with Crippen LogP contribution in [0.15, 0.2) is 30.8 Å². The molecule has 5 heteroatoms. The number of halogens is 1. The maximum Gasteiger partial charge on any atom is 0.222 e. The summed E-state index contributed by atoms with van der Waals surface area (Å²) in [6.07, 6.45) is 1.60. The molecule has 0 radical (unpaired) electrons. The molecule has 0 aliphatic rings. The number of nitrogens with two attached hydrogens (primary N) is 2. The minimum absolute atomic E-state index is 0.134. The number of nitrogens with zero attached hydrogens (tertiary/aromatic N) is 2. The Morgan fingerprint density at radius 1 is 1.12 bits per heavy atom. The topological polar surface area (TPSA) is 77.8 Å². The van der Waals surface area contributed by atoms with E-state index in [0.29, 0.717) is 22.1 Å². The Bertz CT molecular complexity index is 563. The van der Waals surface area contributed by atoms with Crippen LogP contribution < -0.4 is 11.5 Å². The molecule has 1 aromatic carbocycles. The fraction of sp³-hybridized carbons (Fsp3) is 0. The van der Waals surface area contributed by atoms with Crippen molar-refractivity contribution in [2.45, 2.75) is 0 Å². The molecule has 0 aliphatic carbocycles. The van der Waals surface area contributed by atoms with Crippen LogP contribution in [-0.4, -0.2) is 9.97 Å². The van der Waals surface area contributed by atoms with Gasteiger partial charge in [0.05, 0.1) is 5.69 Å². The molecule has 2 aromatic rings. The first-order chi connectivity index (χ1) is 8.11. The van der Waals surface area contributed by atoms with Gasteiger partial charge in [0.1, 0.15) is 5.82 Å². The van der Waals surface area contributed by atoms with E-state index in [-0.39, 0.29) is 5.95 Å². The van der Waals surface area contributed by atoms with Gasteiger partial charge in [-0.25, -0.2) is 4.98 Å². The molecule has 0 unspecified atom stereocenters. The van der Waals surface area contributed by atoms with Gasteiger partial charge in [0, 0.05) is 10.6 Å². The molecule has 4 N–H and O–H groups in total. The first-order valence-electron chi connectivity index (χ1n) is 4.93. The highest BCUT2D eigenvalue weighted by Gasteiger charge is 2.11. The Morgan fingerprint density at radius 2 is 1.76 bits per heavy atom. The third kappa shape index (κ3) is 2.21. The quantitative estimate of drug-likeness (QED) is 0.854. The van der Waals surface area contributed by atoms with Crippen molar-refractivity contribution in [2.75, 3.05) is 11.5 Å². The van der Waals surface area contributed by atoms with Crippen molar-refractivity contribution in [1.29, 1.82) is 0 Å². The summed E-state index contributed by atoms with van der Waals surface area (Å²) in [6.45, 7) is 3.69. The molecule has 0 aliphatic heterocycles. The van der Waals surface area contributed by atoms with Crippen LogP contribution in [0, 0.1) is 0 Å². The van der Waals surface area contributed by atoms with Crippen LogP contribution in [0.3, 0.4) is 0 Å². The molecule has 86 valence electrons. The first kappa shape index (κ1) is 11.4. The number of nitrogen functional groups attached to an aromatic ring is 2. The molecule has 0 saturated carbocycles. The highest BCUT2D eigenvalue weighted by Crippen LogP contribution is 2.29. The van der Waals surface area contributed by atoms with E-state index in [1.165, 1.54) is 0 Å². The predicted octanol–water partition coefficient (Wildman–Crippen LogP) is 2.60. The van der Waals surface area contributed by atoms with E-state index >= 15 is 0 Å². The average molecular weight is 247 g/mol. The van der Waals surface area contributed by atoms with Crippen LogP contribution in [0.25, 0.3) is 17.2 Å². The van der Waals surface area contributed by atoms with Gasteiger partial charge in [-0.2, -0.15) is 4.98 Å². The van der Waals surface area contributed by atoms with Crippen LogP contribution in [-0.2, 0) is 0 Å². The maximum absolute atomic E-state index is 5.86. The van der Waals surface area contributed by atoms with Crippen molar-refractivity contribution in [3.8, 4) is 11.1 Å². The van der Waals surface area contributed by atoms with Gasteiger partial charge < -0.3 is 11.5 Å². The molecule has 0 amide bonds. The third-order valence-electron chi connectivity index (χ3n) is 2.31. The van der Waals surface area contributed by atoms with Gasteiger partial charge in [-0.1, -0.05) is 30.3 Å². The summed E-state index contributed by atoms with van der Waals surface area (Å²) < 4.78 is 0. The first-order valence-corrected chi connectivity index (χ1v) is 5.31. The van der Waals surface area contributed by atoms with E-state index in [2.05, 4.69) is 16.5 Å². The summed E-state index contributed by atoms with van der Waals surface area (Å²) in [7, 11) is 0. The number of anilines is 2. The highest BCUT2D eigenvalue weighted by atomic mass is 35.5. The van der Waals surface area contributed by atoms with Crippen molar-refractivity contribution in [3.05, 3.63) is 41.6 Å². The van der Waals surface area contributed by atoms with Crippen LogP contribution in [0.2, 0.25) is 5.02 Å². The number of hydrogen-bond donors (Lipinski definition) is 2. The molecule has 0 atom stereocenters. The van der Waals surface area contributed by atoms with Crippen LogP contribution in [0.4, 0.5) is 11.8 Å². The average Bonchev–Trinajstić information content (AvgIpc) is 2.30. The molecule has 17 heavy (non-hydrogen) atoms. The summed E-state index contributed by atoms with van der Waals surface area (Å²) in [5, 5.41) is 0.656. The van der Waals surface area contributed by atoms with E-state index in [0.717, 1.165) is 5.56 Å². The fourth-order valence-electron chi connectivity index (χ4n) is 1.57. The third-order valence-corrected chi connectivity index (χ3v) is 2.56. The van der Waals surface area contributed by atoms with E-state index < -0.39 is 0 Å². The lowest BCUT2D eigenvalue weighted by Gasteiger charge is -2.09. The largest absolute Gasteiger partial charge is 0.383 e. The highest BCUT2D eigenvalue weighted by molar-refractivity contribution is 6.30. The molecule has 0 fully saturated rings. The molecular weight excluding hydrogens is 236 g/mol. The zero-order valence-electron chi connectivity index (χ0n) is 9.02. The van der Waals surface area contributed by atoms with Crippen LogP contribution >= 0.6 is 11.6 Å². The summed E-state index contributed by atoms with van der Waals surface area (Å²) in [5.41, 5.74) is 13.6. The molecule has 1 aromatic heterocycles. The Labute approximate surface area is 104 Å². The van der Waals surface area contributed by atoms with Crippen LogP contribution in [0.5, 0.6) is 0 Å². The van der Waals surface area contributed by atoms with Gasteiger partial charge in [-0.3, -0.25) is 0 Å². The van der Waals surface area contributed by atoms with Gasteiger partial charge in [0.2, 0.25) is 5.95 Å². The van der Waals surface area contributed by atoms with Gasteiger partial charge in [-0.15, -0.1) is 0 Å². The zero-order chi connectivity index (χ0) is 12.4. The molecule has 0 saturated heterocycles. The second-order valence-corrected chi connectivity index (χ2v) is 3.87. The number of aromatic nitrogens is 2. The SMILES string of the molecule is C=Cc1nc(N)nc(N)c1-c1ccc(Cl)cc1. The van der Waals surface area contributed by atoms with Crippen molar-refractivity contribution in [1.82, 2.24) is 9.97 Å². The number of rotatable bonds is 2. The van der Waals surface area contributed by atoms with Crippen molar-refractivity contribution >= 4 is 29.4 Å². The van der Waals surface area contributed by atoms with Gasteiger partial charge in [-0.05, 0) is 23.8 Å². The normalized spacial score (nSPS) is 10.2. The number of benzene rings is 1. The lowest BCUT2D eigenvalue weighted by molar-refractivity contribution is 1.18. The van der Waals surface area contributed by atoms with Crippen molar-refractivity contribution < 1.29 is 0 Å². The molecule has 2 rings (SSSR count). The standard InChI is InChI=1S/C12H11ClN4/c1-2-9-10(11(14)17-12(15)16-9)7-3-5-8(13)6-4-7/h2-6H,1H2,(H4,14,15,16,17). The molecule has 4 nitrogen and oxygen atoms in total. The number of hydrogen-bond acceptors (Lipinski definition) is 4. The van der Waals surface area contributed by atoms with E-state index in [4.69, 9.17) is 23.1 Å². The summed E-state index contributed by atoms with van der Waals surface area (Å²) in [5.74, 6) is 0.463. The minimum atomic E-state index is 0.134. The smallest absolute Gasteiger partial charge is 0.222 e. The van der Waals surface area contributed by atoms with Crippen LogP contribution in [0.1, 0.15) is 5.69 Å². The summed E-state index contributed by atoms with van der Waals surface area (Å²) in [6, 6.07) is 7.25. The van der Waals surface area contributed by atoms with E-state index in [1.54, 1.807) is 18.2 Å². The monoisotopic (exact) mass is 246 g/mol. The maximum atomic E-state index is 5.86.